The number of nitrogens with one attached hydrogen (secondary N) is 2. The van der Waals surface area contributed by atoms with E-state index in [2.05, 4.69) is 15.8 Å². The van der Waals surface area contributed by atoms with Crippen molar-refractivity contribution in [1.29, 1.82) is 0 Å². The normalized spacial score (nSPS) is 10.9. The number of carbonyl (C=O) groups excluding carboxylic acids is 2. The fourth-order valence-corrected chi connectivity index (χ4v) is 2.14. The number of nitro groups is 1. The number of rotatable bonds is 6. The maximum Gasteiger partial charge on any atom is 0.271 e. The summed E-state index contributed by atoms with van der Waals surface area (Å²) in [4.78, 5) is 34.0. The lowest BCUT2D eigenvalue weighted by molar-refractivity contribution is -0.384. The fraction of sp³-hybridized carbons (Fsp3) is 0.167. The minimum absolute atomic E-state index is 0.0227. The Bertz CT molecular complexity index is 860. The van der Waals surface area contributed by atoms with E-state index in [0.717, 1.165) is 5.56 Å². The van der Waals surface area contributed by atoms with Crippen LogP contribution in [0.1, 0.15) is 29.3 Å². The predicted molar refractivity (Wildman–Crippen MR) is 98.1 cm³/mol. The number of hydrogen-bond acceptors (Lipinski definition) is 5. The molecule has 0 saturated carbocycles. The first-order valence-electron chi connectivity index (χ1n) is 7.79. The zero-order chi connectivity index (χ0) is 19.1. The predicted octanol–water partition coefficient (Wildman–Crippen LogP) is 3.04. The highest BCUT2D eigenvalue weighted by Crippen LogP contribution is 2.15. The third-order valence-corrected chi connectivity index (χ3v) is 3.41. The first kappa shape index (κ1) is 18.8. The number of amides is 2. The van der Waals surface area contributed by atoms with Gasteiger partial charge in [-0.3, -0.25) is 19.7 Å². The van der Waals surface area contributed by atoms with Crippen molar-refractivity contribution in [2.45, 2.75) is 20.3 Å². The van der Waals surface area contributed by atoms with Gasteiger partial charge < -0.3 is 5.32 Å². The van der Waals surface area contributed by atoms with Gasteiger partial charge in [0, 0.05) is 29.1 Å². The third kappa shape index (κ3) is 5.52. The van der Waals surface area contributed by atoms with Crippen LogP contribution >= 0.6 is 0 Å². The zero-order valence-corrected chi connectivity index (χ0v) is 14.4. The van der Waals surface area contributed by atoms with E-state index in [1.54, 1.807) is 25.1 Å². The van der Waals surface area contributed by atoms with Gasteiger partial charge in [-0.05, 0) is 38.1 Å². The third-order valence-electron chi connectivity index (χ3n) is 3.41. The van der Waals surface area contributed by atoms with E-state index in [4.69, 9.17) is 0 Å². The lowest BCUT2D eigenvalue weighted by Gasteiger charge is -2.06. The van der Waals surface area contributed by atoms with Crippen molar-refractivity contribution in [3.63, 3.8) is 0 Å². The van der Waals surface area contributed by atoms with E-state index in [0.29, 0.717) is 17.0 Å². The second-order valence-corrected chi connectivity index (χ2v) is 5.69. The Kier molecular flexibility index (Phi) is 6.15. The maximum absolute atomic E-state index is 12.0. The number of hydrazone groups is 1. The van der Waals surface area contributed by atoms with E-state index < -0.39 is 4.92 Å². The van der Waals surface area contributed by atoms with Crippen LogP contribution in [0.2, 0.25) is 0 Å². The molecule has 0 unspecified atom stereocenters. The number of anilines is 1. The highest BCUT2D eigenvalue weighted by atomic mass is 16.6. The van der Waals surface area contributed by atoms with Crippen LogP contribution in [0.3, 0.4) is 0 Å². The molecule has 0 aromatic heterocycles. The summed E-state index contributed by atoms with van der Waals surface area (Å²) in [7, 11) is 0. The number of aryl methyl sites for hydroxylation is 1. The van der Waals surface area contributed by atoms with Crippen LogP contribution in [-0.4, -0.2) is 22.4 Å². The quantitative estimate of drug-likeness (QED) is 0.471. The molecule has 0 aliphatic rings. The SMILES string of the molecule is C/C(CC(=O)Nc1ccc([N+](=O)[O-])cc1)=N\NC(=O)c1cccc(C)c1. The Morgan fingerprint density at radius 2 is 1.85 bits per heavy atom. The van der Waals surface area contributed by atoms with Gasteiger partial charge in [-0.1, -0.05) is 17.7 Å². The average Bonchev–Trinajstić information content (AvgIpc) is 2.60. The molecule has 2 amide bonds. The molecular formula is C18H18N4O4. The molecule has 0 spiro atoms. The largest absolute Gasteiger partial charge is 0.326 e. The molecule has 2 rings (SSSR count). The summed E-state index contributed by atoms with van der Waals surface area (Å²) in [6, 6.07) is 12.6. The van der Waals surface area contributed by atoms with Crippen LogP contribution in [0.15, 0.2) is 53.6 Å². The van der Waals surface area contributed by atoms with Gasteiger partial charge in [0.15, 0.2) is 0 Å². The van der Waals surface area contributed by atoms with Crippen LogP contribution < -0.4 is 10.7 Å². The maximum atomic E-state index is 12.0. The molecule has 0 aliphatic carbocycles. The first-order valence-corrected chi connectivity index (χ1v) is 7.79. The van der Waals surface area contributed by atoms with Crippen LogP contribution in [0.5, 0.6) is 0 Å². The fourth-order valence-electron chi connectivity index (χ4n) is 2.14. The molecule has 2 N–H and O–H groups in total. The molecule has 26 heavy (non-hydrogen) atoms. The van der Waals surface area contributed by atoms with Crippen molar-refractivity contribution in [1.82, 2.24) is 5.43 Å². The van der Waals surface area contributed by atoms with E-state index >= 15 is 0 Å². The molecule has 8 heteroatoms. The average molecular weight is 354 g/mol. The number of hydrogen-bond donors (Lipinski definition) is 2. The summed E-state index contributed by atoms with van der Waals surface area (Å²) >= 11 is 0. The summed E-state index contributed by atoms with van der Waals surface area (Å²) in [5.74, 6) is -0.700. The van der Waals surface area contributed by atoms with Crippen molar-refractivity contribution >= 4 is 28.9 Å². The van der Waals surface area contributed by atoms with Crippen LogP contribution in [0.4, 0.5) is 11.4 Å². The van der Waals surface area contributed by atoms with Gasteiger partial charge in [-0.15, -0.1) is 0 Å². The molecule has 134 valence electrons. The van der Waals surface area contributed by atoms with E-state index in [1.165, 1.54) is 24.3 Å². The second-order valence-electron chi connectivity index (χ2n) is 5.69. The van der Waals surface area contributed by atoms with Gasteiger partial charge in [0.2, 0.25) is 5.91 Å². The minimum Gasteiger partial charge on any atom is -0.326 e. The van der Waals surface area contributed by atoms with Crippen LogP contribution in [-0.2, 0) is 4.79 Å². The lowest BCUT2D eigenvalue weighted by atomic mass is 10.1. The summed E-state index contributed by atoms with van der Waals surface area (Å²) in [6.45, 7) is 3.50. The number of non-ortho nitro benzene ring substituents is 1. The standard InChI is InChI=1S/C18H18N4O4/c1-12-4-3-5-14(10-12)18(24)21-20-13(2)11-17(23)19-15-6-8-16(9-7-15)22(25)26/h3-10H,11H2,1-2H3,(H,19,23)(H,21,24)/b20-13+. The Morgan fingerprint density at radius 3 is 2.46 bits per heavy atom. The van der Waals surface area contributed by atoms with Gasteiger partial charge in [-0.2, -0.15) is 5.10 Å². The molecule has 0 aliphatic heterocycles. The van der Waals surface area contributed by atoms with Gasteiger partial charge in [0.1, 0.15) is 0 Å². The van der Waals surface area contributed by atoms with Gasteiger partial charge in [-0.25, -0.2) is 5.43 Å². The molecule has 2 aromatic carbocycles. The lowest BCUT2D eigenvalue weighted by Crippen LogP contribution is -2.21. The molecule has 0 atom stereocenters. The van der Waals surface area contributed by atoms with Crippen molar-refractivity contribution < 1.29 is 14.5 Å². The van der Waals surface area contributed by atoms with Crippen molar-refractivity contribution in [3.05, 3.63) is 69.8 Å². The van der Waals surface area contributed by atoms with Crippen molar-refractivity contribution in [2.75, 3.05) is 5.32 Å². The van der Waals surface area contributed by atoms with Crippen LogP contribution in [0, 0.1) is 17.0 Å². The summed E-state index contributed by atoms with van der Waals surface area (Å²) < 4.78 is 0. The Morgan fingerprint density at radius 1 is 1.15 bits per heavy atom. The first-order chi connectivity index (χ1) is 12.3. The number of nitro benzene ring substituents is 1. The van der Waals surface area contributed by atoms with Gasteiger partial charge in [0.25, 0.3) is 11.6 Å². The molecular weight excluding hydrogens is 336 g/mol. The molecule has 0 radical (unpaired) electrons. The van der Waals surface area contributed by atoms with Crippen molar-refractivity contribution in [3.8, 4) is 0 Å². The Hall–Kier alpha value is -3.55. The molecule has 8 nitrogen and oxygen atoms in total. The highest BCUT2D eigenvalue weighted by Gasteiger charge is 2.09. The molecule has 0 heterocycles. The Balaban J connectivity index is 1.88. The molecule has 2 aromatic rings. The summed E-state index contributed by atoms with van der Waals surface area (Å²) in [6.07, 6.45) is -0.0227. The van der Waals surface area contributed by atoms with E-state index in [-0.39, 0.29) is 23.9 Å². The molecule has 0 saturated heterocycles. The van der Waals surface area contributed by atoms with Crippen LogP contribution in [0.25, 0.3) is 0 Å². The summed E-state index contributed by atoms with van der Waals surface area (Å²) in [5.41, 5.74) is 4.66. The highest BCUT2D eigenvalue weighted by molar-refractivity contribution is 6.06. The number of carbonyl (C=O) groups is 2. The minimum atomic E-state index is -0.515. The smallest absolute Gasteiger partial charge is 0.271 e. The second kappa shape index (κ2) is 8.52. The number of nitrogens with zero attached hydrogens (tertiary/aromatic N) is 2. The van der Waals surface area contributed by atoms with Gasteiger partial charge in [0.05, 0.1) is 11.3 Å². The number of benzene rings is 2. The molecule has 0 bridgehead atoms. The van der Waals surface area contributed by atoms with E-state index in [9.17, 15) is 19.7 Å². The van der Waals surface area contributed by atoms with E-state index in [1.807, 2.05) is 13.0 Å². The zero-order valence-electron chi connectivity index (χ0n) is 14.4. The van der Waals surface area contributed by atoms with Gasteiger partial charge >= 0.3 is 0 Å². The topological polar surface area (TPSA) is 114 Å². The molecule has 0 fully saturated rings. The Labute approximate surface area is 150 Å². The summed E-state index contributed by atoms with van der Waals surface area (Å²) in [5, 5.41) is 17.1. The monoisotopic (exact) mass is 354 g/mol. The van der Waals surface area contributed by atoms with Crippen molar-refractivity contribution in [2.24, 2.45) is 5.10 Å².